The quantitative estimate of drug-likeness (QED) is 0.846. The lowest BCUT2D eigenvalue weighted by molar-refractivity contribution is 0.0692. The SMILES string of the molecule is CSc1ccccc1NC(=O)c1ccccc1C(=O)O. The Morgan fingerprint density at radius 1 is 1.00 bits per heavy atom. The van der Waals surface area contributed by atoms with Gasteiger partial charge < -0.3 is 10.4 Å². The van der Waals surface area contributed by atoms with Gasteiger partial charge in [-0.25, -0.2) is 4.79 Å². The van der Waals surface area contributed by atoms with Crippen LogP contribution in [0.3, 0.4) is 0 Å². The first-order chi connectivity index (χ1) is 9.63. The van der Waals surface area contributed by atoms with Crippen LogP contribution in [0.1, 0.15) is 20.7 Å². The van der Waals surface area contributed by atoms with Crippen molar-refractivity contribution in [1.29, 1.82) is 0 Å². The lowest BCUT2D eigenvalue weighted by atomic mass is 10.1. The lowest BCUT2D eigenvalue weighted by Crippen LogP contribution is -2.16. The molecule has 0 spiro atoms. The second-order valence-electron chi connectivity index (χ2n) is 4.01. The van der Waals surface area contributed by atoms with Crippen LogP contribution in [0.5, 0.6) is 0 Å². The van der Waals surface area contributed by atoms with Crippen molar-refractivity contribution in [3.63, 3.8) is 0 Å². The fourth-order valence-corrected chi connectivity index (χ4v) is 2.36. The summed E-state index contributed by atoms with van der Waals surface area (Å²) in [5.41, 5.74) is 0.813. The van der Waals surface area contributed by atoms with Gasteiger partial charge in [-0.3, -0.25) is 4.79 Å². The highest BCUT2D eigenvalue weighted by atomic mass is 32.2. The van der Waals surface area contributed by atoms with E-state index < -0.39 is 11.9 Å². The van der Waals surface area contributed by atoms with Crippen molar-refractivity contribution in [2.24, 2.45) is 0 Å². The van der Waals surface area contributed by atoms with Crippen LogP contribution in [0.4, 0.5) is 5.69 Å². The number of thioether (sulfide) groups is 1. The van der Waals surface area contributed by atoms with E-state index in [1.807, 2.05) is 24.5 Å². The molecule has 0 aliphatic rings. The largest absolute Gasteiger partial charge is 0.478 e. The molecule has 2 rings (SSSR count). The van der Waals surface area contributed by atoms with Gasteiger partial charge in [0.1, 0.15) is 0 Å². The summed E-state index contributed by atoms with van der Waals surface area (Å²) in [5, 5.41) is 11.8. The van der Waals surface area contributed by atoms with Crippen LogP contribution >= 0.6 is 11.8 Å². The third kappa shape index (κ3) is 3.00. The first kappa shape index (κ1) is 14.1. The normalized spacial score (nSPS) is 10.1. The Hall–Kier alpha value is -2.27. The summed E-state index contributed by atoms with van der Waals surface area (Å²) in [4.78, 5) is 24.3. The number of amides is 1. The average molecular weight is 287 g/mol. The fourth-order valence-electron chi connectivity index (χ4n) is 1.81. The average Bonchev–Trinajstić information content (AvgIpc) is 2.47. The molecule has 0 aliphatic heterocycles. The first-order valence-electron chi connectivity index (χ1n) is 5.90. The standard InChI is InChI=1S/C15H13NO3S/c1-20-13-9-5-4-8-12(13)16-14(17)10-6-2-3-7-11(10)15(18)19/h2-9H,1H3,(H,16,17)(H,18,19). The van der Waals surface area contributed by atoms with E-state index in [9.17, 15) is 9.59 Å². The van der Waals surface area contributed by atoms with Gasteiger partial charge in [-0.1, -0.05) is 24.3 Å². The molecule has 0 radical (unpaired) electrons. The van der Waals surface area contributed by atoms with Crippen molar-refractivity contribution in [3.05, 3.63) is 59.7 Å². The number of carbonyl (C=O) groups excluding carboxylic acids is 1. The zero-order valence-corrected chi connectivity index (χ0v) is 11.6. The molecule has 0 saturated carbocycles. The molecule has 2 aromatic rings. The molecule has 2 N–H and O–H groups in total. The van der Waals surface area contributed by atoms with Crippen molar-refractivity contribution < 1.29 is 14.7 Å². The van der Waals surface area contributed by atoms with Gasteiger partial charge in [-0.05, 0) is 30.5 Å². The van der Waals surface area contributed by atoms with E-state index in [2.05, 4.69) is 5.32 Å². The summed E-state index contributed by atoms with van der Waals surface area (Å²) in [5.74, 6) is -1.54. The molecule has 1 amide bonds. The highest BCUT2D eigenvalue weighted by molar-refractivity contribution is 7.98. The summed E-state index contributed by atoms with van der Waals surface area (Å²) >= 11 is 1.51. The molecule has 2 aromatic carbocycles. The molecule has 0 aliphatic carbocycles. The number of carboxylic acid groups (broad SMARTS) is 1. The van der Waals surface area contributed by atoms with E-state index in [1.54, 1.807) is 18.2 Å². The van der Waals surface area contributed by atoms with Gasteiger partial charge in [0.05, 0.1) is 16.8 Å². The molecule has 102 valence electrons. The van der Waals surface area contributed by atoms with E-state index in [0.717, 1.165) is 4.90 Å². The molecule has 4 nitrogen and oxygen atoms in total. The number of carbonyl (C=O) groups is 2. The van der Waals surface area contributed by atoms with Crippen molar-refractivity contribution in [2.75, 3.05) is 11.6 Å². The summed E-state index contributed by atoms with van der Waals surface area (Å²) in [6.07, 6.45) is 1.91. The van der Waals surface area contributed by atoms with Crippen molar-refractivity contribution >= 4 is 29.3 Å². The zero-order valence-electron chi connectivity index (χ0n) is 10.8. The van der Waals surface area contributed by atoms with Crippen LogP contribution in [0, 0.1) is 0 Å². The number of para-hydroxylation sites is 1. The minimum absolute atomic E-state index is 0.00775. The molecular weight excluding hydrogens is 274 g/mol. The summed E-state index contributed by atoms with van der Waals surface area (Å²) in [7, 11) is 0. The Morgan fingerprint density at radius 3 is 2.25 bits per heavy atom. The second-order valence-corrected chi connectivity index (χ2v) is 4.85. The summed E-state index contributed by atoms with van der Waals surface area (Å²) in [6, 6.07) is 13.5. The minimum Gasteiger partial charge on any atom is -0.478 e. The van der Waals surface area contributed by atoms with E-state index in [4.69, 9.17) is 5.11 Å². The van der Waals surface area contributed by atoms with Crippen LogP contribution in [-0.2, 0) is 0 Å². The Morgan fingerprint density at radius 2 is 1.60 bits per heavy atom. The van der Waals surface area contributed by atoms with Gasteiger partial charge in [0, 0.05) is 4.90 Å². The molecule has 0 saturated heterocycles. The Balaban J connectivity index is 2.31. The van der Waals surface area contributed by atoms with E-state index in [1.165, 1.54) is 23.9 Å². The molecule has 0 atom stereocenters. The van der Waals surface area contributed by atoms with Gasteiger partial charge in [-0.15, -0.1) is 11.8 Å². The predicted molar refractivity (Wildman–Crippen MR) is 79.6 cm³/mol. The predicted octanol–water partition coefficient (Wildman–Crippen LogP) is 3.36. The van der Waals surface area contributed by atoms with Crippen LogP contribution in [0.25, 0.3) is 0 Å². The number of rotatable bonds is 4. The van der Waals surface area contributed by atoms with Crippen LogP contribution in [0.2, 0.25) is 0 Å². The molecule has 0 bridgehead atoms. The molecule has 20 heavy (non-hydrogen) atoms. The second kappa shape index (κ2) is 6.25. The van der Waals surface area contributed by atoms with Gasteiger partial charge in [0.15, 0.2) is 0 Å². The number of nitrogens with one attached hydrogen (secondary N) is 1. The maximum atomic E-state index is 12.2. The zero-order chi connectivity index (χ0) is 14.5. The number of anilines is 1. The van der Waals surface area contributed by atoms with Gasteiger partial charge >= 0.3 is 5.97 Å². The monoisotopic (exact) mass is 287 g/mol. The number of aromatic carboxylic acids is 1. The summed E-state index contributed by atoms with van der Waals surface area (Å²) in [6.45, 7) is 0. The van der Waals surface area contributed by atoms with Gasteiger partial charge in [-0.2, -0.15) is 0 Å². The molecule has 0 fully saturated rings. The highest BCUT2D eigenvalue weighted by Crippen LogP contribution is 2.25. The van der Waals surface area contributed by atoms with Crippen molar-refractivity contribution in [1.82, 2.24) is 0 Å². The van der Waals surface area contributed by atoms with Gasteiger partial charge in [0.2, 0.25) is 0 Å². The lowest BCUT2D eigenvalue weighted by Gasteiger charge is -2.10. The topological polar surface area (TPSA) is 66.4 Å². The molecule has 0 unspecified atom stereocenters. The third-order valence-electron chi connectivity index (χ3n) is 2.76. The molecular formula is C15H13NO3S. The minimum atomic E-state index is -1.12. The van der Waals surface area contributed by atoms with Crippen molar-refractivity contribution in [3.8, 4) is 0 Å². The molecule has 5 heteroatoms. The highest BCUT2D eigenvalue weighted by Gasteiger charge is 2.16. The van der Waals surface area contributed by atoms with Crippen LogP contribution < -0.4 is 5.32 Å². The van der Waals surface area contributed by atoms with Crippen molar-refractivity contribution in [2.45, 2.75) is 4.90 Å². The van der Waals surface area contributed by atoms with E-state index in [0.29, 0.717) is 5.69 Å². The number of benzene rings is 2. The Bertz CT molecular complexity index is 655. The smallest absolute Gasteiger partial charge is 0.336 e. The maximum Gasteiger partial charge on any atom is 0.336 e. The Kier molecular flexibility index (Phi) is 4.42. The first-order valence-corrected chi connectivity index (χ1v) is 7.12. The van der Waals surface area contributed by atoms with Crippen LogP contribution in [-0.4, -0.2) is 23.2 Å². The Labute approximate surface area is 120 Å². The summed E-state index contributed by atoms with van der Waals surface area (Å²) < 4.78 is 0. The third-order valence-corrected chi connectivity index (χ3v) is 3.55. The number of hydrogen-bond donors (Lipinski definition) is 2. The van der Waals surface area contributed by atoms with Crippen LogP contribution in [0.15, 0.2) is 53.4 Å². The maximum absolute atomic E-state index is 12.2. The molecule has 0 heterocycles. The number of hydrogen-bond acceptors (Lipinski definition) is 3. The molecule has 0 aromatic heterocycles. The van der Waals surface area contributed by atoms with E-state index >= 15 is 0 Å². The van der Waals surface area contributed by atoms with Gasteiger partial charge in [0.25, 0.3) is 5.91 Å². The van der Waals surface area contributed by atoms with E-state index in [-0.39, 0.29) is 11.1 Å². The fraction of sp³-hybridized carbons (Fsp3) is 0.0667. The number of carboxylic acids is 1.